The molecule has 10 rings (SSSR count). The van der Waals surface area contributed by atoms with Gasteiger partial charge in [0.25, 0.3) is 17.7 Å². The van der Waals surface area contributed by atoms with Crippen LogP contribution < -0.4 is 21.7 Å². The Kier molecular flexibility index (Phi) is 16.6. The number of carbonyl (C=O) groups excluding carboxylic acids is 9. The maximum atomic E-state index is 14.8. The minimum absolute atomic E-state index is 0.0461. The summed E-state index contributed by atoms with van der Waals surface area (Å²) in [5.74, 6) is -0.736. The number of alkyl halides is 2. The number of nitrogens with zero attached hydrogens (tertiary/aromatic N) is 3. The van der Waals surface area contributed by atoms with E-state index >= 15 is 0 Å². The highest BCUT2D eigenvalue weighted by Crippen LogP contribution is 2.42. The minimum Gasteiger partial charge on any atom is -0.370 e. The van der Waals surface area contributed by atoms with E-state index in [0.717, 1.165) is 91.9 Å². The number of carbonyl (C=O) groups is 9. The first-order valence-electron chi connectivity index (χ1n) is 28.2. The molecule has 5 aliphatic heterocycles. The third kappa shape index (κ3) is 12.1. The number of primary amides is 1. The number of ketones is 1. The molecule has 1 saturated carbocycles. The lowest BCUT2D eigenvalue weighted by Crippen LogP contribution is -2.55. The predicted molar refractivity (Wildman–Crippen MR) is 293 cm³/mol. The lowest BCUT2D eigenvalue weighted by atomic mass is 9.76. The molecule has 19 heteroatoms. The molecule has 3 saturated heterocycles. The zero-order chi connectivity index (χ0) is 56.4. The van der Waals surface area contributed by atoms with E-state index in [0.29, 0.717) is 47.5 Å². The molecule has 80 heavy (non-hydrogen) atoms. The molecule has 1 aliphatic carbocycles. The summed E-state index contributed by atoms with van der Waals surface area (Å²) in [4.78, 5) is 128. The quantitative estimate of drug-likeness (QED) is 0.0660. The van der Waals surface area contributed by atoms with Crippen molar-refractivity contribution in [3.8, 4) is 11.8 Å². The highest BCUT2D eigenvalue weighted by molar-refractivity contribution is 7.20. The molecular formula is C61H67F2N7O9S. The molecule has 0 spiro atoms. The Morgan fingerprint density at radius 2 is 1.66 bits per heavy atom. The number of rotatable bonds is 16. The Hall–Kier alpha value is -7.33. The average molecular weight is 1110 g/mol. The molecule has 0 radical (unpaired) electrons. The van der Waals surface area contributed by atoms with Crippen molar-refractivity contribution in [2.24, 2.45) is 23.5 Å². The summed E-state index contributed by atoms with van der Waals surface area (Å²) >= 11 is 1.12. The van der Waals surface area contributed by atoms with Gasteiger partial charge >= 0.3 is 0 Å². The largest absolute Gasteiger partial charge is 0.370 e. The molecule has 4 aromatic rings. The van der Waals surface area contributed by atoms with Crippen LogP contribution in [-0.4, -0.2) is 105 Å². The van der Waals surface area contributed by atoms with Gasteiger partial charge in [0, 0.05) is 86.0 Å². The number of imide groups is 1. The molecule has 3 aromatic carbocycles. The van der Waals surface area contributed by atoms with E-state index in [4.69, 9.17) is 5.73 Å². The second-order valence-electron chi connectivity index (χ2n) is 22.6. The van der Waals surface area contributed by atoms with Crippen LogP contribution in [0.15, 0.2) is 66.7 Å². The van der Waals surface area contributed by atoms with Crippen LogP contribution in [0, 0.1) is 29.6 Å². The number of amides is 8. The van der Waals surface area contributed by atoms with E-state index < -0.39 is 71.6 Å². The fraction of sp³-hybridized carbons (Fsp3) is 0.492. The van der Waals surface area contributed by atoms with Crippen LogP contribution >= 0.6 is 11.3 Å². The number of benzene rings is 3. The van der Waals surface area contributed by atoms with Crippen LogP contribution in [-0.2, 0) is 52.4 Å². The first-order chi connectivity index (χ1) is 38.4. The standard InChI is InChI=1S/C61H67F2N7O9S/c1-61(62,63)40-18-23-51-39(30-40)32-52(80-51)57(76)66-46-31-38-14-7-8-16-41(38)47-20-21-49(70(47)60(46)79)56(75)65-45(19-24-53(64)72)50(71)33-43(36-11-3-2-4-12-36)58(77)68-28-26-35(27-29-68)10-5-6-13-37-15-9-17-42-44(37)34-69(59(42)78)48-22-25-54(73)67-55(48)74/h7-9,14-18,23,30,32,35-36,43,45-49H,2-5,10-12,19-22,24-29,31,33-34H2,1H3,(H2,64,72)(H,65,75)(H,66,76)(H,67,73,74)/t43-,45-,46+,47+,48?,49-/m0/s1. The summed E-state index contributed by atoms with van der Waals surface area (Å²) in [6.07, 6.45) is 8.21. The minimum atomic E-state index is -3.08. The molecule has 5 N–H and O–H groups in total. The zero-order valence-corrected chi connectivity index (χ0v) is 45.7. The summed E-state index contributed by atoms with van der Waals surface area (Å²) in [5, 5.41) is 8.62. The van der Waals surface area contributed by atoms with Crippen molar-refractivity contribution in [1.82, 2.24) is 30.7 Å². The summed E-state index contributed by atoms with van der Waals surface area (Å²) in [6, 6.07) is 14.1. The lowest BCUT2D eigenvalue weighted by molar-refractivity contribution is -0.144. The SMILES string of the molecule is CC(F)(F)c1ccc2sc(C(=O)N[C@@H]3Cc4ccccc4[C@H]4CC[C@@H](C(=O)N[C@@H](CCC(N)=O)C(=O)C[C@H](C(=O)N5CCC(CCC#Cc6cccc7c6CN(C6CCC(=O)NC6=O)C7=O)CC5)C5CCCCC5)N4C3=O)cc2c1. The van der Waals surface area contributed by atoms with Gasteiger partial charge < -0.3 is 31.1 Å². The van der Waals surface area contributed by atoms with Crippen molar-refractivity contribution >= 4 is 74.5 Å². The molecule has 0 bridgehead atoms. The maximum Gasteiger partial charge on any atom is 0.270 e. The molecule has 4 fully saturated rings. The summed E-state index contributed by atoms with van der Waals surface area (Å²) in [6.45, 7) is 2.08. The second kappa shape index (κ2) is 23.8. The van der Waals surface area contributed by atoms with Crippen molar-refractivity contribution in [1.29, 1.82) is 0 Å². The van der Waals surface area contributed by atoms with Crippen LogP contribution in [0.2, 0.25) is 0 Å². The van der Waals surface area contributed by atoms with Gasteiger partial charge in [0.1, 0.15) is 18.1 Å². The van der Waals surface area contributed by atoms with Gasteiger partial charge in [0.05, 0.1) is 17.0 Å². The number of piperidine rings is 2. The average Bonchev–Trinajstić information content (AvgIpc) is 4.18. The van der Waals surface area contributed by atoms with Crippen LogP contribution in [0.3, 0.4) is 0 Å². The fourth-order valence-electron chi connectivity index (χ4n) is 13.0. The zero-order valence-electron chi connectivity index (χ0n) is 44.9. The Morgan fingerprint density at radius 3 is 2.41 bits per heavy atom. The number of hydrogen-bond donors (Lipinski definition) is 4. The highest BCUT2D eigenvalue weighted by atomic mass is 32.1. The van der Waals surface area contributed by atoms with Gasteiger partial charge in [-0.1, -0.05) is 67.5 Å². The molecule has 6 heterocycles. The van der Waals surface area contributed by atoms with Gasteiger partial charge in [-0.15, -0.1) is 11.3 Å². The van der Waals surface area contributed by atoms with Crippen LogP contribution in [0.1, 0.15) is 164 Å². The van der Waals surface area contributed by atoms with E-state index in [1.54, 1.807) is 18.2 Å². The van der Waals surface area contributed by atoms with E-state index in [9.17, 15) is 51.9 Å². The third-order valence-corrected chi connectivity index (χ3v) is 18.5. The number of nitrogens with one attached hydrogen (secondary N) is 3. The smallest absolute Gasteiger partial charge is 0.270 e. The molecule has 6 aliphatic rings. The van der Waals surface area contributed by atoms with Crippen molar-refractivity contribution in [2.45, 2.75) is 159 Å². The van der Waals surface area contributed by atoms with E-state index in [2.05, 4.69) is 27.8 Å². The van der Waals surface area contributed by atoms with Crippen molar-refractivity contribution in [2.75, 3.05) is 13.1 Å². The normalized spacial score (nSPS) is 22.3. The van der Waals surface area contributed by atoms with Crippen LogP contribution in [0.4, 0.5) is 8.78 Å². The highest BCUT2D eigenvalue weighted by Gasteiger charge is 2.48. The van der Waals surface area contributed by atoms with Gasteiger partial charge in [0.2, 0.25) is 35.4 Å². The number of likely N-dealkylation sites (tertiary alicyclic amines) is 1. The summed E-state index contributed by atoms with van der Waals surface area (Å²) in [5.41, 5.74) is 9.11. The third-order valence-electron chi connectivity index (χ3n) is 17.4. The molecule has 8 amide bonds. The number of nitrogens with two attached hydrogens (primary N) is 1. The van der Waals surface area contributed by atoms with Gasteiger partial charge in [0.15, 0.2) is 5.78 Å². The van der Waals surface area contributed by atoms with E-state index in [1.165, 1.54) is 28.0 Å². The molecule has 16 nitrogen and oxygen atoms in total. The Balaban J connectivity index is 0.784. The van der Waals surface area contributed by atoms with E-state index in [1.807, 2.05) is 35.2 Å². The van der Waals surface area contributed by atoms with Crippen LogP contribution in [0.25, 0.3) is 10.1 Å². The second-order valence-corrected chi connectivity index (χ2v) is 23.7. The van der Waals surface area contributed by atoms with Gasteiger partial charge in [-0.3, -0.25) is 48.5 Å². The number of fused-ring (bicyclic) bond motifs is 5. The fourth-order valence-corrected chi connectivity index (χ4v) is 14.0. The summed E-state index contributed by atoms with van der Waals surface area (Å²) < 4.78 is 29.0. The van der Waals surface area contributed by atoms with Gasteiger partial charge in [-0.05, 0) is 122 Å². The number of Topliss-reactive ketones (excluding diaryl/α,β-unsaturated/α-hetero) is 1. The number of thiophene rings is 1. The Labute approximate surface area is 467 Å². The van der Waals surface area contributed by atoms with Crippen LogP contribution in [0.5, 0.6) is 0 Å². The van der Waals surface area contributed by atoms with E-state index in [-0.39, 0.29) is 91.4 Å². The van der Waals surface area contributed by atoms with Gasteiger partial charge in [-0.2, -0.15) is 0 Å². The molecule has 6 atom stereocenters. The number of halogens is 2. The molecular weight excluding hydrogens is 1040 g/mol. The van der Waals surface area contributed by atoms with Crippen molar-refractivity contribution in [3.05, 3.63) is 105 Å². The lowest BCUT2D eigenvalue weighted by Gasteiger charge is -2.37. The van der Waals surface area contributed by atoms with Crippen molar-refractivity contribution in [3.63, 3.8) is 0 Å². The molecule has 1 aromatic heterocycles. The number of hydrogen-bond acceptors (Lipinski definition) is 10. The first kappa shape index (κ1) is 56.0. The molecule has 420 valence electrons. The predicted octanol–water partition coefficient (Wildman–Crippen LogP) is 7.14. The first-order valence-corrected chi connectivity index (χ1v) is 29.0. The molecule has 1 unspecified atom stereocenters. The monoisotopic (exact) mass is 1110 g/mol. The topological polar surface area (TPSA) is 225 Å². The Morgan fingerprint density at radius 1 is 0.887 bits per heavy atom. The van der Waals surface area contributed by atoms with Crippen molar-refractivity contribution < 1.29 is 51.9 Å². The maximum absolute atomic E-state index is 14.8. The Bertz CT molecular complexity index is 3200. The van der Waals surface area contributed by atoms with Gasteiger partial charge in [-0.25, -0.2) is 8.78 Å². The summed E-state index contributed by atoms with van der Waals surface area (Å²) in [7, 11) is 0.